The average molecular weight is 311 g/mol. The number of pyridine rings is 1. The summed E-state index contributed by atoms with van der Waals surface area (Å²) in [6, 6.07) is 3.33. The standard InChI is InChI=1S/C15H19ClN2O3/c1-2-11-7-10(8-13(16)17-11)14(19)18-12-5-3-9(4-6-12)15(20)21/h7-9,12H,2-6H2,1H3,(H,18,19)(H,20,21). The van der Waals surface area contributed by atoms with Crippen molar-refractivity contribution in [2.24, 2.45) is 5.92 Å². The van der Waals surface area contributed by atoms with Crippen LogP contribution in [0.2, 0.25) is 5.15 Å². The molecule has 0 bridgehead atoms. The number of nitrogens with one attached hydrogen (secondary N) is 1. The van der Waals surface area contributed by atoms with E-state index < -0.39 is 5.97 Å². The van der Waals surface area contributed by atoms with E-state index in [2.05, 4.69) is 10.3 Å². The lowest BCUT2D eigenvalue weighted by Crippen LogP contribution is -2.38. The third kappa shape index (κ3) is 4.17. The van der Waals surface area contributed by atoms with Crippen LogP contribution in [0.1, 0.15) is 48.7 Å². The number of aromatic nitrogens is 1. The first-order valence-corrected chi connectivity index (χ1v) is 7.57. The maximum Gasteiger partial charge on any atom is 0.306 e. The van der Waals surface area contributed by atoms with Crippen LogP contribution in [-0.2, 0) is 11.2 Å². The fraction of sp³-hybridized carbons (Fsp3) is 0.533. The van der Waals surface area contributed by atoms with Crippen molar-refractivity contribution >= 4 is 23.5 Å². The van der Waals surface area contributed by atoms with Gasteiger partial charge in [0.2, 0.25) is 0 Å². The molecule has 21 heavy (non-hydrogen) atoms. The van der Waals surface area contributed by atoms with E-state index in [9.17, 15) is 9.59 Å². The van der Waals surface area contributed by atoms with Gasteiger partial charge in [-0.3, -0.25) is 9.59 Å². The number of rotatable bonds is 4. The second-order valence-electron chi connectivity index (χ2n) is 5.38. The number of hydrogen-bond acceptors (Lipinski definition) is 3. The molecule has 1 fully saturated rings. The quantitative estimate of drug-likeness (QED) is 0.838. The molecule has 0 aliphatic heterocycles. The lowest BCUT2D eigenvalue weighted by molar-refractivity contribution is -0.142. The Bertz CT molecular complexity index is 540. The van der Waals surface area contributed by atoms with Gasteiger partial charge >= 0.3 is 5.97 Å². The van der Waals surface area contributed by atoms with E-state index in [-0.39, 0.29) is 17.9 Å². The summed E-state index contributed by atoms with van der Waals surface area (Å²) in [5, 5.41) is 12.2. The SMILES string of the molecule is CCc1cc(C(=O)NC2CCC(C(=O)O)CC2)cc(Cl)n1. The molecule has 114 valence electrons. The van der Waals surface area contributed by atoms with Gasteiger partial charge in [-0.25, -0.2) is 4.98 Å². The summed E-state index contributed by atoms with van der Waals surface area (Å²) in [7, 11) is 0. The van der Waals surface area contributed by atoms with Gasteiger partial charge in [0.05, 0.1) is 5.92 Å². The van der Waals surface area contributed by atoms with E-state index in [1.807, 2.05) is 6.92 Å². The van der Waals surface area contributed by atoms with Crippen molar-refractivity contribution in [3.63, 3.8) is 0 Å². The van der Waals surface area contributed by atoms with E-state index in [1.165, 1.54) is 0 Å². The first-order chi connectivity index (χ1) is 9.99. The van der Waals surface area contributed by atoms with Crippen LogP contribution in [0.3, 0.4) is 0 Å². The molecular weight excluding hydrogens is 292 g/mol. The fourth-order valence-electron chi connectivity index (χ4n) is 2.62. The van der Waals surface area contributed by atoms with Crippen molar-refractivity contribution in [1.29, 1.82) is 0 Å². The van der Waals surface area contributed by atoms with Gasteiger partial charge in [0.25, 0.3) is 5.91 Å². The molecule has 1 aromatic heterocycles. The molecule has 0 unspecified atom stereocenters. The fourth-order valence-corrected chi connectivity index (χ4v) is 2.84. The van der Waals surface area contributed by atoms with Crippen LogP contribution in [0.4, 0.5) is 0 Å². The Labute approximate surface area is 128 Å². The molecule has 2 rings (SSSR count). The third-order valence-corrected chi connectivity index (χ3v) is 4.08. The molecular formula is C15H19ClN2O3. The zero-order valence-electron chi connectivity index (χ0n) is 11.9. The van der Waals surface area contributed by atoms with Crippen LogP contribution in [0.5, 0.6) is 0 Å². The van der Waals surface area contributed by atoms with Gasteiger partial charge in [0.1, 0.15) is 5.15 Å². The summed E-state index contributed by atoms with van der Waals surface area (Å²) in [6.45, 7) is 1.95. The lowest BCUT2D eigenvalue weighted by Gasteiger charge is -2.26. The second kappa shape index (κ2) is 6.89. The van der Waals surface area contributed by atoms with E-state index >= 15 is 0 Å². The molecule has 0 aromatic carbocycles. The Kier molecular flexibility index (Phi) is 5.17. The van der Waals surface area contributed by atoms with E-state index in [0.29, 0.717) is 42.8 Å². The predicted molar refractivity (Wildman–Crippen MR) is 79.5 cm³/mol. The zero-order valence-corrected chi connectivity index (χ0v) is 12.7. The summed E-state index contributed by atoms with van der Waals surface area (Å²) in [4.78, 5) is 27.3. The van der Waals surface area contributed by atoms with Crippen LogP contribution >= 0.6 is 11.6 Å². The van der Waals surface area contributed by atoms with Gasteiger partial charge in [-0.05, 0) is 44.2 Å². The van der Waals surface area contributed by atoms with Crippen molar-refractivity contribution in [2.45, 2.75) is 45.1 Å². The average Bonchev–Trinajstić information content (AvgIpc) is 2.47. The number of carboxylic acid groups (broad SMARTS) is 1. The minimum atomic E-state index is -0.742. The number of hydrogen-bond donors (Lipinski definition) is 2. The summed E-state index contributed by atoms with van der Waals surface area (Å²) >= 11 is 5.91. The van der Waals surface area contributed by atoms with E-state index in [0.717, 1.165) is 5.69 Å². The van der Waals surface area contributed by atoms with Crippen LogP contribution in [-0.4, -0.2) is 28.0 Å². The van der Waals surface area contributed by atoms with Gasteiger partial charge in [-0.2, -0.15) is 0 Å². The molecule has 5 nitrogen and oxygen atoms in total. The van der Waals surface area contributed by atoms with Crippen molar-refractivity contribution < 1.29 is 14.7 Å². The Hall–Kier alpha value is -1.62. The number of carbonyl (C=O) groups is 2. The second-order valence-corrected chi connectivity index (χ2v) is 5.77. The maximum absolute atomic E-state index is 12.2. The third-order valence-electron chi connectivity index (χ3n) is 3.88. The molecule has 0 spiro atoms. The van der Waals surface area contributed by atoms with Gasteiger partial charge in [-0.1, -0.05) is 18.5 Å². The summed E-state index contributed by atoms with van der Waals surface area (Å²) < 4.78 is 0. The highest BCUT2D eigenvalue weighted by Crippen LogP contribution is 2.24. The molecule has 1 aromatic rings. The minimum absolute atomic E-state index is 0.0325. The van der Waals surface area contributed by atoms with Crippen LogP contribution in [0, 0.1) is 5.92 Å². The summed E-state index contributed by atoms with van der Waals surface area (Å²) in [5.41, 5.74) is 1.29. The number of aliphatic carboxylic acids is 1. The first kappa shape index (κ1) is 15.8. The van der Waals surface area contributed by atoms with E-state index in [4.69, 9.17) is 16.7 Å². The van der Waals surface area contributed by atoms with Gasteiger partial charge in [0, 0.05) is 17.3 Å². The van der Waals surface area contributed by atoms with Gasteiger partial charge in [-0.15, -0.1) is 0 Å². The highest BCUT2D eigenvalue weighted by molar-refractivity contribution is 6.29. The molecule has 0 saturated heterocycles. The number of amides is 1. The van der Waals surface area contributed by atoms with Crippen LogP contribution in [0.15, 0.2) is 12.1 Å². The highest BCUT2D eigenvalue weighted by atomic mass is 35.5. The van der Waals surface area contributed by atoms with Crippen LogP contribution < -0.4 is 5.32 Å². The molecule has 0 atom stereocenters. The van der Waals surface area contributed by atoms with Crippen molar-refractivity contribution in [2.75, 3.05) is 0 Å². The molecule has 1 amide bonds. The largest absolute Gasteiger partial charge is 0.481 e. The minimum Gasteiger partial charge on any atom is -0.481 e. The maximum atomic E-state index is 12.2. The van der Waals surface area contributed by atoms with Crippen molar-refractivity contribution in [3.8, 4) is 0 Å². The zero-order chi connectivity index (χ0) is 15.4. The first-order valence-electron chi connectivity index (χ1n) is 7.19. The monoisotopic (exact) mass is 310 g/mol. The molecule has 1 aliphatic rings. The predicted octanol–water partition coefficient (Wildman–Crippen LogP) is 2.67. The Balaban J connectivity index is 1.96. The number of halogens is 1. The highest BCUT2D eigenvalue weighted by Gasteiger charge is 2.27. The number of aryl methyl sites for hydroxylation is 1. The van der Waals surface area contributed by atoms with Gasteiger partial charge < -0.3 is 10.4 Å². The summed E-state index contributed by atoms with van der Waals surface area (Å²) in [5.74, 6) is -1.19. The summed E-state index contributed by atoms with van der Waals surface area (Å²) in [6.07, 6.45) is 3.32. The topological polar surface area (TPSA) is 79.3 Å². The van der Waals surface area contributed by atoms with E-state index in [1.54, 1.807) is 12.1 Å². The number of nitrogens with zero attached hydrogens (tertiary/aromatic N) is 1. The smallest absolute Gasteiger partial charge is 0.306 e. The molecule has 2 N–H and O–H groups in total. The molecule has 1 heterocycles. The lowest BCUT2D eigenvalue weighted by atomic mass is 9.86. The van der Waals surface area contributed by atoms with Crippen LogP contribution in [0.25, 0.3) is 0 Å². The molecule has 6 heteroatoms. The Morgan fingerprint density at radius 3 is 2.57 bits per heavy atom. The van der Waals surface area contributed by atoms with Gasteiger partial charge in [0.15, 0.2) is 0 Å². The molecule has 0 radical (unpaired) electrons. The number of carbonyl (C=O) groups excluding carboxylic acids is 1. The van der Waals surface area contributed by atoms with Crippen molar-refractivity contribution in [3.05, 3.63) is 28.5 Å². The molecule has 1 saturated carbocycles. The Morgan fingerprint density at radius 1 is 1.33 bits per heavy atom. The van der Waals surface area contributed by atoms with Crippen molar-refractivity contribution in [1.82, 2.24) is 10.3 Å². The number of carboxylic acids is 1. The normalized spacial score (nSPS) is 21.8. The Morgan fingerprint density at radius 2 is 2.00 bits per heavy atom. The molecule has 1 aliphatic carbocycles.